The molecule has 5 rings (SSSR count). The third-order valence-corrected chi connectivity index (χ3v) is 11.3. The van der Waals surface area contributed by atoms with Gasteiger partial charge in [-0.25, -0.2) is 0 Å². The number of fused-ring (bicyclic) bond motifs is 3. The SMILES string of the molecule is CCC(C)(OC(=O)C1C2CC3C(OC(=O)C31)C2OC(=O)CCC(=O)OC(C)C(F)(F)S(=O)(=O)O)C1CC2CCC1C2. The molecular weight excluding hydrogens is 570 g/mol. The van der Waals surface area contributed by atoms with E-state index in [0.29, 0.717) is 31.6 Å². The highest BCUT2D eigenvalue weighted by Gasteiger charge is 2.70. The first-order valence-corrected chi connectivity index (χ1v) is 15.7. The summed E-state index contributed by atoms with van der Waals surface area (Å²) >= 11 is 0. The normalized spacial score (nSPS) is 37.4. The summed E-state index contributed by atoms with van der Waals surface area (Å²) in [7, 11) is -5.82. The van der Waals surface area contributed by atoms with E-state index >= 15 is 0 Å². The lowest BCUT2D eigenvalue weighted by Gasteiger charge is -2.41. The van der Waals surface area contributed by atoms with Crippen LogP contribution >= 0.6 is 0 Å². The molecule has 1 aliphatic heterocycles. The van der Waals surface area contributed by atoms with Gasteiger partial charge in [0, 0.05) is 17.8 Å². The molecule has 11 nitrogen and oxygen atoms in total. The molecule has 41 heavy (non-hydrogen) atoms. The molecule has 5 fully saturated rings. The van der Waals surface area contributed by atoms with Gasteiger partial charge in [0.05, 0.1) is 24.7 Å². The molecule has 4 bridgehead atoms. The summed E-state index contributed by atoms with van der Waals surface area (Å²) in [5, 5.41) is -4.73. The Kier molecular flexibility index (Phi) is 7.66. The second-order valence-electron chi connectivity index (χ2n) is 12.5. The monoisotopic (exact) mass is 606 g/mol. The van der Waals surface area contributed by atoms with Crippen molar-refractivity contribution in [1.29, 1.82) is 0 Å². The smallest absolute Gasteiger partial charge is 0.405 e. The average Bonchev–Trinajstić information content (AvgIpc) is 3.69. The van der Waals surface area contributed by atoms with Crippen LogP contribution in [0.4, 0.5) is 8.78 Å². The van der Waals surface area contributed by atoms with Crippen molar-refractivity contribution < 1.29 is 59.9 Å². The maximum absolute atomic E-state index is 13.7. The van der Waals surface area contributed by atoms with Crippen LogP contribution in [-0.2, 0) is 48.2 Å². The maximum atomic E-state index is 13.7. The Morgan fingerprint density at radius 3 is 2.37 bits per heavy atom. The molecule has 0 radical (unpaired) electrons. The summed E-state index contributed by atoms with van der Waals surface area (Å²) in [5.74, 6) is -4.14. The average molecular weight is 607 g/mol. The summed E-state index contributed by atoms with van der Waals surface area (Å²) in [5.41, 5.74) is -0.670. The van der Waals surface area contributed by atoms with Crippen LogP contribution in [0.5, 0.6) is 0 Å². The minimum absolute atomic E-state index is 0.255. The van der Waals surface area contributed by atoms with Crippen molar-refractivity contribution in [3.05, 3.63) is 0 Å². The van der Waals surface area contributed by atoms with E-state index in [-0.39, 0.29) is 11.8 Å². The first-order valence-electron chi connectivity index (χ1n) is 14.2. The topological polar surface area (TPSA) is 160 Å². The van der Waals surface area contributed by atoms with Crippen molar-refractivity contribution in [2.24, 2.45) is 41.4 Å². The van der Waals surface area contributed by atoms with Gasteiger partial charge in [-0.2, -0.15) is 17.2 Å². The standard InChI is InChI=1S/C27H36F2O11S/c1-4-26(3,17-10-13-5-6-14(17)9-13)40-25(33)21-16-11-15-20(21)24(32)39-23(15)22(16)38-19(31)8-7-18(30)37-12(2)27(28,29)41(34,35)36/h12-17,20-23H,4-11H2,1-3H3,(H,34,35,36). The quantitative estimate of drug-likeness (QED) is 0.209. The highest BCUT2D eigenvalue weighted by atomic mass is 32.2. The lowest BCUT2D eigenvalue weighted by Crippen LogP contribution is -2.48. The molecule has 0 aromatic heterocycles. The maximum Gasteiger partial charge on any atom is 0.405 e. The van der Waals surface area contributed by atoms with E-state index in [4.69, 9.17) is 18.8 Å². The van der Waals surface area contributed by atoms with Gasteiger partial charge in [-0.1, -0.05) is 13.3 Å². The highest BCUT2D eigenvalue weighted by molar-refractivity contribution is 7.86. The Bertz CT molecular complexity index is 1220. The van der Waals surface area contributed by atoms with E-state index in [0.717, 1.165) is 19.3 Å². The number of rotatable bonds is 11. The fourth-order valence-corrected chi connectivity index (χ4v) is 8.59. The first-order chi connectivity index (χ1) is 19.1. The molecule has 11 unspecified atom stereocenters. The van der Waals surface area contributed by atoms with Gasteiger partial charge in [0.1, 0.15) is 17.8 Å². The second kappa shape index (κ2) is 10.4. The lowest BCUT2D eigenvalue weighted by atomic mass is 9.75. The second-order valence-corrected chi connectivity index (χ2v) is 14.0. The van der Waals surface area contributed by atoms with Gasteiger partial charge in [0.25, 0.3) is 0 Å². The third kappa shape index (κ3) is 5.12. The molecule has 0 spiro atoms. The Labute approximate surface area is 236 Å². The van der Waals surface area contributed by atoms with Crippen LogP contribution in [0.15, 0.2) is 0 Å². The summed E-state index contributed by atoms with van der Waals surface area (Å²) in [6.07, 6.45) is 0.110. The Morgan fingerprint density at radius 1 is 1.10 bits per heavy atom. The number of halogens is 2. The Balaban J connectivity index is 1.20. The zero-order chi connectivity index (χ0) is 30.1. The van der Waals surface area contributed by atoms with Gasteiger partial charge in [0.15, 0.2) is 6.10 Å². The number of carbonyl (C=O) groups is 4. The molecule has 1 N–H and O–H groups in total. The number of alkyl halides is 2. The van der Waals surface area contributed by atoms with Crippen molar-refractivity contribution in [3.8, 4) is 0 Å². The fraction of sp³-hybridized carbons (Fsp3) is 0.852. The van der Waals surface area contributed by atoms with Gasteiger partial charge in [-0.15, -0.1) is 0 Å². The van der Waals surface area contributed by atoms with E-state index in [9.17, 15) is 36.4 Å². The molecule has 230 valence electrons. The first kappa shape index (κ1) is 30.1. The van der Waals surface area contributed by atoms with Crippen LogP contribution in [0.2, 0.25) is 0 Å². The van der Waals surface area contributed by atoms with Crippen LogP contribution in [0, 0.1) is 41.4 Å². The van der Waals surface area contributed by atoms with Gasteiger partial charge < -0.3 is 18.9 Å². The van der Waals surface area contributed by atoms with Crippen LogP contribution in [0.25, 0.3) is 0 Å². The van der Waals surface area contributed by atoms with E-state index in [1.807, 2.05) is 13.8 Å². The number of carbonyl (C=O) groups excluding carboxylic acids is 4. The van der Waals surface area contributed by atoms with Gasteiger partial charge in [-0.3, -0.25) is 23.7 Å². The minimum atomic E-state index is -5.82. The van der Waals surface area contributed by atoms with Crippen LogP contribution in [-0.4, -0.2) is 66.0 Å². The minimum Gasteiger partial charge on any atom is -0.459 e. The van der Waals surface area contributed by atoms with Crippen molar-refractivity contribution >= 4 is 34.0 Å². The van der Waals surface area contributed by atoms with Crippen molar-refractivity contribution in [1.82, 2.24) is 0 Å². The number of esters is 4. The largest absolute Gasteiger partial charge is 0.459 e. The fourth-order valence-electron chi connectivity index (χ4n) is 8.12. The van der Waals surface area contributed by atoms with Gasteiger partial charge in [0.2, 0.25) is 0 Å². The van der Waals surface area contributed by atoms with Crippen molar-refractivity contribution in [2.45, 2.75) is 101 Å². The van der Waals surface area contributed by atoms with Crippen molar-refractivity contribution in [2.75, 3.05) is 0 Å². The zero-order valence-corrected chi connectivity index (χ0v) is 23.9. The van der Waals surface area contributed by atoms with Crippen molar-refractivity contribution in [3.63, 3.8) is 0 Å². The predicted octanol–water partition coefficient (Wildman–Crippen LogP) is 3.05. The molecule has 1 saturated heterocycles. The van der Waals surface area contributed by atoms with Gasteiger partial charge >= 0.3 is 39.2 Å². The third-order valence-electron chi connectivity index (χ3n) is 10.3. The van der Waals surface area contributed by atoms with Crippen LogP contribution in [0.3, 0.4) is 0 Å². The Hall–Kier alpha value is -2.35. The highest BCUT2D eigenvalue weighted by Crippen LogP contribution is 2.60. The van der Waals surface area contributed by atoms with E-state index in [1.165, 1.54) is 6.42 Å². The molecule has 0 amide bonds. The Morgan fingerprint density at radius 2 is 1.78 bits per heavy atom. The predicted molar refractivity (Wildman–Crippen MR) is 133 cm³/mol. The number of hydrogen-bond acceptors (Lipinski definition) is 10. The zero-order valence-electron chi connectivity index (χ0n) is 23.1. The summed E-state index contributed by atoms with van der Waals surface area (Å²) in [4.78, 5) is 51.0. The number of ether oxygens (including phenoxy) is 4. The summed E-state index contributed by atoms with van der Waals surface area (Å²) < 4.78 is 79.2. The molecule has 0 aromatic carbocycles. The van der Waals surface area contributed by atoms with E-state index in [1.54, 1.807) is 0 Å². The number of hydrogen-bond donors (Lipinski definition) is 1. The van der Waals surface area contributed by atoms with Crippen LogP contribution < -0.4 is 0 Å². The molecule has 11 atom stereocenters. The van der Waals surface area contributed by atoms with Crippen LogP contribution in [0.1, 0.15) is 72.1 Å². The molecule has 5 aliphatic rings. The molecule has 4 saturated carbocycles. The lowest BCUT2D eigenvalue weighted by molar-refractivity contribution is -0.181. The van der Waals surface area contributed by atoms with Gasteiger partial charge in [-0.05, 0) is 57.8 Å². The van der Waals surface area contributed by atoms with E-state index in [2.05, 4.69) is 4.74 Å². The summed E-state index contributed by atoms with van der Waals surface area (Å²) in [6.45, 7) is 4.53. The molecule has 0 aromatic rings. The molecule has 14 heteroatoms. The van der Waals surface area contributed by atoms with E-state index < -0.39 is 93.8 Å². The molecule has 1 heterocycles. The molecular formula is C27H36F2O11S. The summed E-state index contributed by atoms with van der Waals surface area (Å²) in [6, 6.07) is 0. The molecule has 4 aliphatic carbocycles.